The van der Waals surface area contributed by atoms with E-state index in [-0.39, 0.29) is 12.5 Å². The van der Waals surface area contributed by atoms with E-state index in [0.717, 1.165) is 24.1 Å². The lowest BCUT2D eigenvalue weighted by molar-refractivity contribution is 0.0781. The average Bonchev–Trinajstić information content (AvgIpc) is 2.87. The summed E-state index contributed by atoms with van der Waals surface area (Å²) in [6.45, 7) is 2.87. The van der Waals surface area contributed by atoms with Crippen molar-refractivity contribution in [1.29, 1.82) is 5.26 Å². The quantitative estimate of drug-likeness (QED) is 0.769. The molecule has 0 radical (unpaired) electrons. The Labute approximate surface area is 106 Å². The van der Waals surface area contributed by atoms with E-state index in [1.165, 1.54) is 16.9 Å². The van der Waals surface area contributed by atoms with Gasteiger partial charge in [-0.2, -0.15) is 5.26 Å². The van der Waals surface area contributed by atoms with Crippen molar-refractivity contribution in [2.24, 2.45) is 0 Å². The van der Waals surface area contributed by atoms with E-state index in [1.807, 2.05) is 13.0 Å². The van der Waals surface area contributed by atoms with E-state index in [9.17, 15) is 4.79 Å². The van der Waals surface area contributed by atoms with Crippen molar-refractivity contribution >= 4 is 17.2 Å². The molecule has 0 unspecified atom stereocenters. The van der Waals surface area contributed by atoms with Crippen LogP contribution in [0, 0.1) is 11.3 Å². The number of aryl methyl sites for hydroxylation is 2. The SMILES string of the molecule is CCCN(CC#N)C(=O)c1cc2c(s1)CCC2. The zero-order valence-electron chi connectivity index (χ0n) is 10.0. The molecule has 0 spiro atoms. The molecule has 1 aromatic heterocycles. The first-order valence-corrected chi connectivity index (χ1v) is 6.85. The lowest BCUT2D eigenvalue weighted by atomic mass is 10.2. The number of hydrogen-bond acceptors (Lipinski definition) is 3. The molecule has 1 aliphatic rings. The summed E-state index contributed by atoms with van der Waals surface area (Å²) in [4.78, 5) is 16.0. The third-order valence-electron chi connectivity index (χ3n) is 3.00. The minimum Gasteiger partial charge on any atom is -0.325 e. The number of rotatable bonds is 4. The lowest BCUT2D eigenvalue weighted by Crippen LogP contribution is -2.31. The highest BCUT2D eigenvalue weighted by atomic mass is 32.1. The molecule has 0 saturated heterocycles. The monoisotopic (exact) mass is 248 g/mol. The summed E-state index contributed by atoms with van der Waals surface area (Å²) in [6.07, 6.45) is 4.31. The summed E-state index contributed by atoms with van der Waals surface area (Å²) < 4.78 is 0. The minimum absolute atomic E-state index is 0.0211. The highest BCUT2D eigenvalue weighted by Gasteiger charge is 2.21. The second kappa shape index (κ2) is 5.33. The van der Waals surface area contributed by atoms with E-state index in [0.29, 0.717) is 6.54 Å². The molecular formula is C13H16N2OS. The zero-order valence-corrected chi connectivity index (χ0v) is 10.8. The Hall–Kier alpha value is -1.34. The number of carbonyl (C=O) groups is 1. The van der Waals surface area contributed by atoms with Crippen LogP contribution in [-0.2, 0) is 12.8 Å². The van der Waals surface area contributed by atoms with Crippen LogP contribution >= 0.6 is 11.3 Å². The Balaban J connectivity index is 2.14. The van der Waals surface area contributed by atoms with E-state index in [1.54, 1.807) is 16.2 Å². The summed E-state index contributed by atoms with van der Waals surface area (Å²) in [5.41, 5.74) is 1.34. The van der Waals surface area contributed by atoms with Gasteiger partial charge >= 0.3 is 0 Å². The van der Waals surface area contributed by atoms with Gasteiger partial charge in [0.05, 0.1) is 10.9 Å². The molecule has 4 heteroatoms. The van der Waals surface area contributed by atoms with Crippen molar-refractivity contribution in [1.82, 2.24) is 4.90 Å². The highest BCUT2D eigenvalue weighted by Crippen LogP contribution is 2.31. The normalized spacial score (nSPS) is 13.2. The van der Waals surface area contributed by atoms with Crippen LogP contribution in [0.15, 0.2) is 6.07 Å². The Morgan fingerprint density at radius 3 is 3.06 bits per heavy atom. The molecular weight excluding hydrogens is 232 g/mol. The number of nitriles is 1. The van der Waals surface area contributed by atoms with Crippen molar-refractivity contribution in [3.05, 3.63) is 21.4 Å². The van der Waals surface area contributed by atoms with Gasteiger partial charge in [-0.25, -0.2) is 0 Å². The number of amides is 1. The molecule has 0 bridgehead atoms. The van der Waals surface area contributed by atoms with Gasteiger partial charge in [0.15, 0.2) is 0 Å². The topological polar surface area (TPSA) is 44.1 Å². The molecule has 0 aliphatic heterocycles. The predicted molar refractivity (Wildman–Crippen MR) is 68.2 cm³/mol. The zero-order chi connectivity index (χ0) is 12.3. The third kappa shape index (κ3) is 2.50. The van der Waals surface area contributed by atoms with Gasteiger partial charge in [-0.05, 0) is 37.3 Å². The van der Waals surface area contributed by atoms with Crippen molar-refractivity contribution in [2.45, 2.75) is 32.6 Å². The molecule has 90 valence electrons. The molecule has 3 nitrogen and oxygen atoms in total. The van der Waals surface area contributed by atoms with Crippen molar-refractivity contribution in [2.75, 3.05) is 13.1 Å². The fraction of sp³-hybridized carbons (Fsp3) is 0.538. The van der Waals surface area contributed by atoms with Crippen LogP contribution in [0.2, 0.25) is 0 Å². The van der Waals surface area contributed by atoms with Gasteiger partial charge in [0.2, 0.25) is 0 Å². The van der Waals surface area contributed by atoms with E-state index in [2.05, 4.69) is 6.07 Å². The number of fused-ring (bicyclic) bond motifs is 1. The second-order valence-electron chi connectivity index (χ2n) is 4.30. The average molecular weight is 248 g/mol. The van der Waals surface area contributed by atoms with E-state index in [4.69, 9.17) is 5.26 Å². The number of carbonyl (C=O) groups excluding carboxylic acids is 1. The van der Waals surface area contributed by atoms with Gasteiger partial charge < -0.3 is 4.90 Å². The first kappa shape index (κ1) is 12.1. The fourth-order valence-corrected chi connectivity index (χ4v) is 3.42. The van der Waals surface area contributed by atoms with Gasteiger partial charge in [-0.3, -0.25) is 4.79 Å². The molecule has 1 aliphatic carbocycles. The predicted octanol–water partition coefficient (Wildman–Crippen LogP) is 2.61. The maximum absolute atomic E-state index is 12.2. The van der Waals surface area contributed by atoms with Gasteiger partial charge in [0.1, 0.15) is 6.54 Å². The molecule has 0 saturated carbocycles. The molecule has 0 atom stereocenters. The highest BCUT2D eigenvalue weighted by molar-refractivity contribution is 7.14. The van der Waals surface area contributed by atoms with Crippen LogP contribution in [0.25, 0.3) is 0 Å². The fourth-order valence-electron chi connectivity index (χ4n) is 2.20. The second-order valence-corrected chi connectivity index (χ2v) is 5.43. The van der Waals surface area contributed by atoms with Crippen LogP contribution in [0.1, 0.15) is 39.9 Å². The maximum atomic E-state index is 12.2. The van der Waals surface area contributed by atoms with Gasteiger partial charge in [0, 0.05) is 11.4 Å². The van der Waals surface area contributed by atoms with Crippen molar-refractivity contribution < 1.29 is 4.79 Å². The number of thiophene rings is 1. The summed E-state index contributed by atoms with van der Waals surface area (Å²) in [6, 6.07) is 4.09. The van der Waals surface area contributed by atoms with Crippen LogP contribution in [0.3, 0.4) is 0 Å². The smallest absolute Gasteiger partial charge is 0.264 e. The van der Waals surface area contributed by atoms with E-state index < -0.39 is 0 Å². The molecule has 1 aromatic rings. The molecule has 2 rings (SSSR count). The first-order chi connectivity index (χ1) is 8.26. The standard InChI is InChI=1S/C13H16N2OS/c1-2-7-15(8-6-14)13(16)12-9-10-4-3-5-11(10)17-12/h9H,2-5,7-8H2,1H3. The molecule has 1 amide bonds. The summed E-state index contributed by atoms with van der Waals surface area (Å²) >= 11 is 1.61. The molecule has 0 aromatic carbocycles. The van der Waals surface area contributed by atoms with Crippen LogP contribution in [0.5, 0.6) is 0 Å². The Bertz CT molecular complexity index is 437. The van der Waals surface area contributed by atoms with E-state index >= 15 is 0 Å². The van der Waals surface area contributed by atoms with Crippen LogP contribution in [0.4, 0.5) is 0 Å². The number of hydrogen-bond donors (Lipinski definition) is 0. The van der Waals surface area contributed by atoms with Gasteiger partial charge in [-0.15, -0.1) is 11.3 Å². The third-order valence-corrected chi connectivity index (χ3v) is 4.22. The molecule has 17 heavy (non-hydrogen) atoms. The van der Waals surface area contributed by atoms with Crippen molar-refractivity contribution in [3.63, 3.8) is 0 Å². The summed E-state index contributed by atoms with van der Waals surface area (Å²) in [5.74, 6) is 0.0211. The minimum atomic E-state index is 0.0211. The van der Waals surface area contributed by atoms with Crippen molar-refractivity contribution in [3.8, 4) is 6.07 Å². The Kier molecular flexibility index (Phi) is 3.80. The van der Waals surface area contributed by atoms with Crippen LogP contribution in [-0.4, -0.2) is 23.9 Å². The molecule has 1 heterocycles. The summed E-state index contributed by atoms with van der Waals surface area (Å²) in [7, 11) is 0. The number of nitrogens with zero attached hydrogens (tertiary/aromatic N) is 2. The van der Waals surface area contributed by atoms with Gasteiger partial charge in [-0.1, -0.05) is 6.92 Å². The largest absolute Gasteiger partial charge is 0.325 e. The van der Waals surface area contributed by atoms with Crippen LogP contribution < -0.4 is 0 Å². The molecule has 0 fully saturated rings. The Morgan fingerprint density at radius 2 is 2.41 bits per heavy atom. The maximum Gasteiger partial charge on any atom is 0.264 e. The molecule has 0 N–H and O–H groups in total. The Morgan fingerprint density at radius 1 is 1.59 bits per heavy atom. The lowest BCUT2D eigenvalue weighted by Gasteiger charge is -2.17. The summed E-state index contributed by atoms with van der Waals surface area (Å²) in [5, 5.41) is 8.74. The van der Waals surface area contributed by atoms with Gasteiger partial charge in [0.25, 0.3) is 5.91 Å². The first-order valence-electron chi connectivity index (χ1n) is 6.04.